The summed E-state index contributed by atoms with van der Waals surface area (Å²) >= 11 is 0. The average Bonchev–Trinajstić information content (AvgIpc) is 3.39. The van der Waals surface area contributed by atoms with E-state index in [0.29, 0.717) is 12.2 Å². The highest BCUT2D eigenvalue weighted by Gasteiger charge is 2.14. The number of hydrogen-bond donors (Lipinski definition) is 2. The molecule has 0 atom stereocenters. The summed E-state index contributed by atoms with van der Waals surface area (Å²) in [7, 11) is 1.67. The minimum atomic E-state index is 0.0222. The molecular formula is C22H26N4O2. The van der Waals surface area contributed by atoms with E-state index in [0.717, 1.165) is 40.7 Å². The third-order valence-corrected chi connectivity index (χ3v) is 5.31. The highest BCUT2D eigenvalue weighted by atomic mass is 16.5. The van der Waals surface area contributed by atoms with Gasteiger partial charge in [0.2, 0.25) is 5.91 Å². The van der Waals surface area contributed by atoms with E-state index in [9.17, 15) is 4.79 Å². The molecule has 2 aromatic carbocycles. The lowest BCUT2D eigenvalue weighted by molar-refractivity contribution is -0.116. The van der Waals surface area contributed by atoms with Crippen LogP contribution < -0.4 is 10.1 Å². The molecule has 6 nitrogen and oxygen atoms in total. The molecule has 6 heteroatoms. The first-order chi connectivity index (χ1) is 13.7. The molecular weight excluding hydrogens is 352 g/mol. The largest absolute Gasteiger partial charge is 0.496 e. The van der Waals surface area contributed by atoms with Gasteiger partial charge in [-0.15, -0.1) is 0 Å². The topological polar surface area (TPSA) is 70.2 Å². The van der Waals surface area contributed by atoms with Crippen molar-refractivity contribution >= 4 is 22.5 Å². The van der Waals surface area contributed by atoms with Gasteiger partial charge in [0.15, 0.2) is 0 Å². The van der Waals surface area contributed by atoms with Crippen LogP contribution in [0.15, 0.2) is 42.5 Å². The molecule has 0 aliphatic carbocycles. The van der Waals surface area contributed by atoms with Crippen LogP contribution in [0.5, 0.6) is 5.75 Å². The van der Waals surface area contributed by atoms with Crippen LogP contribution in [-0.4, -0.2) is 47.7 Å². The molecule has 4 rings (SSSR count). The number of hydrogen-bond acceptors (Lipinski definition) is 4. The second-order valence-corrected chi connectivity index (χ2v) is 7.23. The Kier molecular flexibility index (Phi) is 5.58. The molecule has 1 fully saturated rings. The predicted molar refractivity (Wildman–Crippen MR) is 112 cm³/mol. The lowest BCUT2D eigenvalue weighted by Gasteiger charge is -2.13. The van der Waals surface area contributed by atoms with Gasteiger partial charge in [-0.05, 0) is 56.4 Å². The number of rotatable bonds is 7. The van der Waals surface area contributed by atoms with Crippen molar-refractivity contribution in [2.75, 3.05) is 32.1 Å². The molecule has 146 valence electrons. The zero-order valence-electron chi connectivity index (χ0n) is 16.2. The Morgan fingerprint density at radius 3 is 2.75 bits per heavy atom. The molecule has 1 aliphatic heterocycles. The molecule has 3 aromatic rings. The predicted octanol–water partition coefficient (Wildman–Crippen LogP) is 4.05. The summed E-state index contributed by atoms with van der Waals surface area (Å²) in [6, 6.07) is 13.9. The quantitative estimate of drug-likeness (QED) is 0.651. The number of H-pyrrole nitrogens is 1. The number of anilines is 1. The second-order valence-electron chi connectivity index (χ2n) is 7.23. The maximum Gasteiger partial charge on any atom is 0.225 e. The molecule has 2 N–H and O–H groups in total. The summed E-state index contributed by atoms with van der Waals surface area (Å²) in [4.78, 5) is 14.7. The molecule has 1 aliphatic rings. The zero-order chi connectivity index (χ0) is 19.3. The van der Waals surface area contributed by atoms with Gasteiger partial charge in [-0.25, -0.2) is 0 Å². The normalized spacial score (nSPS) is 14.5. The van der Waals surface area contributed by atoms with Crippen LogP contribution in [0.25, 0.3) is 22.0 Å². The Morgan fingerprint density at radius 2 is 1.96 bits per heavy atom. The summed E-state index contributed by atoms with van der Waals surface area (Å²) in [6.45, 7) is 3.34. The van der Waals surface area contributed by atoms with Crippen LogP contribution in [0.1, 0.15) is 25.7 Å². The third-order valence-electron chi connectivity index (χ3n) is 5.31. The van der Waals surface area contributed by atoms with Crippen molar-refractivity contribution < 1.29 is 9.53 Å². The standard InChI is InChI=1S/C22H26N4O2/c1-28-20-11-10-17(16-7-2-3-8-18(16)20)19-15-21(25-24-19)23-22(27)9-6-14-26-12-4-5-13-26/h2-3,7-8,10-11,15H,4-6,9,12-14H2,1H3,(H2,23,24,25,27). The Morgan fingerprint density at radius 1 is 1.18 bits per heavy atom. The van der Waals surface area contributed by atoms with Gasteiger partial charge in [0.1, 0.15) is 11.6 Å². The van der Waals surface area contributed by atoms with Crippen LogP contribution in [0.3, 0.4) is 0 Å². The molecule has 1 saturated heterocycles. The van der Waals surface area contributed by atoms with Crippen molar-refractivity contribution in [2.45, 2.75) is 25.7 Å². The first-order valence-corrected chi connectivity index (χ1v) is 9.88. The number of likely N-dealkylation sites (tertiary alicyclic amines) is 1. The number of nitrogens with one attached hydrogen (secondary N) is 2. The highest BCUT2D eigenvalue weighted by Crippen LogP contribution is 2.34. The Bertz CT molecular complexity index is 960. The fourth-order valence-electron chi connectivity index (χ4n) is 3.88. The summed E-state index contributed by atoms with van der Waals surface area (Å²) in [5.41, 5.74) is 1.80. The summed E-state index contributed by atoms with van der Waals surface area (Å²) in [5.74, 6) is 1.48. The van der Waals surface area contributed by atoms with Crippen molar-refractivity contribution in [2.24, 2.45) is 0 Å². The molecule has 0 radical (unpaired) electrons. The zero-order valence-corrected chi connectivity index (χ0v) is 16.2. The first kappa shape index (κ1) is 18.5. The number of aromatic amines is 1. The van der Waals surface area contributed by atoms with Crippen molar-refractivity contribution in [3.63, 3.8) is 0 Å². The lowest BCUT2D eigenvalue weighted by atomic mass is 10.0. The Labute approximate surface area is 164 Å². The van der Waals surface area contributed by atoms with Gasteiger partial charge in [0.25, 0.3) is 0 Å². The summed E-state index contributed by atoms with van der Waals surface area (Å²) in [5, 5.41) is 12.4. The van der Waals surface area contributed by atoms with Crippen LogP contribution in [0, 0.1) is 0 Å². The van der Waals surface area contributed by atoms with Crippen molar-refractivity contribution in [3.8, 4) is 17.0 Å². The van der Waals surface area contributed by atoms with E-state index in [1.807, 2.05) is 36.4 Å². The number of methoxy groups -OCH3 is 1. The molecule has 0 bridgehead atoms. The highest BCUT2D eigenvalue weighted by molar-refractivity contribution is 6.00. The molecule has 0 saturated carbocycles. The second kappa shape index (κ2) is 8.44. The minimum Gasteiger partial charge on any atom is -0.496 e. The monoisotopic (exact) mass is 378 g/mol. The van der Waals surface area contributed by atoms with Gasteiger partial charge < -0.3 is 15.0 Å². The number of ether oxygens (including phenoxy) is 1. The molecule has 2 heterocycles. The van der Waals surface area contributed by atoms with Gasteiger partial charge in [0, 0.05) is 23.4 Å². The number of aromatic nitrogens is 2. The average molecular weight is 378 g/mol. The number of nitrogens with zero attached hydrogens (tertiary/aromatic N) is 2. The number of amides is 1. The van der Waals surface area contributed by atoms with Crippen molar-refractivity contribution in [3.05, 3.63) is 42.5 Å². The molecule has 0 spiro atoms. The van der Waals surface area contributed by atoms with Gasteiger partial charge in [-0.1, -0.05) is 24.3 Å². The molecule has 1 amide bonds. The van der Waals surface area contributed by atoms with E-state index in [-0.39, 0.29) is 5.91 Å². The van der Waals surface area contributed by atoms with Crippen LogP contribution in [0.2, 0.25) is 0 Å². The van der Waals surface area contributed by atoms with Gasteiger partial charge in [-0.3, -0.25) is 9.89 Å². The van der Waals surface area contributed by atoms with Crippen molar-refractivity contribution in [1.82, 2.24) is 15.1 Å². The van der Waals surface area contributed by atoms with E-state index in [1.54, 1.807) is 7.11 Å². The fraction of sp³-hybridized carbons (Fsp3) is 0.364. The van der Waals surface area contributed by atoms with E-state index in [2.05, 4.69) is 26.5 Å². The number of carbonyl (C=O) groups is 1. The fourth-order valence-corrected chi connectivity index (χ4v) is 3.88. The molecule has 28 heavy (non-hydrogen) atoms. The van der Waals surface area contributed by atoms with Gasteiger partial charge >= 0.3 is 0 Å². The van der Waals surface area contributed by atoms with E-state index in [4.69, 9.17) is 4.74 Å². The van der Waals surface area contributed by atoms with Crippen LogP contribution in [-0.2, 0) is 4.79 Å². The maximum absolute atomic E-state index is 12.2. The molecule has 1 aromatic heterocycles. The van der Waals surface area contributed by atoms with Gasteiger partial charge in [0.05, 0.1) is 12.8 Å². The number of fused-ring (bicyclic) bond motifs is 1. The Balaban J connectivity index is 1.43. The number of benzene rings is 2. The van der Waals surface area contributed by atoms with E-state index >= 15 is 0 Å². The maximum atomic E-state index is 12.2. The lowest BCUT2D eigenvalue weighted by Crippen LogP contribution is -2.22. The number of carbonyl (C=O) groups excluding carboxylic acids is 1. The molecule has 0 unspecified atom stereocenters. The first-order valence-electron chi connectivity index (χ1n) is 9.88. The van der Waals surface area contributed by atoms with Crippen LogP contribution in [0.4, 0.5) is 5.82 Å². The minimum absolute atomic E-state index is 0.0222. The van der Waals surface area contributed by atoms with Crippen molar-refractivity contribution in [1.29, 1.82) is 0 Å². The van der Waals surface area contributed by atoms with E-state index < -0.39 is 0 Å². The Hall–Kier alpha value is -2.86. The summed E-state index contributed by atoms with van der Waals surface area (Å²) in [6.07, 6.45) is 3.97. The third kappa shape index (κ3) is 4.02. The van der Waals surface area contributed by atoms with Gasteiger partial charge in [-0.2, -0.15) is 5.10 Å². The SMILES string of the molecule is COc1ccc(-c2cc(NC(=O)CCCN3CCCC3)[nH]n2)c2ccccc12. The van der Waals surface area contributed by atoms with E-state index in [1.165, 1.54) is 25.9 Å². The summed E-state index contributed by atoms with van der Waals surface area (Å²) < 4.78 is 5.46. The smallest absolute Gasteiger partial charge is 0.225 e. The van der Waals surface area contributed by atoms with Crippen LogP contribution >= 0.6 is 0 Å².